The summed E-state index contributed by atoms with van der Waals surface area (Å²) < 4.78 is 46.2. The molecule has 1 aliphatic heterocycles. The minimum Gasteiger partial charge on any atom is -0.454 e. The van der Waals surface area contributed by atoms with Gasteiger partial charge in [0, 0.05) is 11.8 Å². The van der Waals surface area contributed by atoms with E-state index in [1.165, 1.54) is 6.07 Å². The van der Waals surface area contributed by atoms with Gasteiger partial charge in [-0.05, 0) is 35.9 Å². The van der Waals surface area contributed by atoms with E-state index in [1.807, 2.05) is 6.07 Å². The first-order valence-corrected chi connectivity index (χ1v) is 8.59. The number of aromatic nitrogens is 2. The van der Waals surface area contributed by atoms with Crippen LogP contribution in [0, 0.1) is 11.3 Å². The number of ether oxygens (including phenoxy) is 1. The van der Waals surface area contributed by atoms with Crippen LogP contribution in [0.2, 0.25) is 0 Å². The third-order valence-electron chi connectivity index (χ3n) is 4.42. The van der Waals surface area contributed by atoms with Crippen LogP contribution < -0.4 is 10.1 Å². The maximum absolute atomic E-state index is 13.0. The molecule has 0 atom stereocenters. The van der Waals surface area contributed by atoms with Crippen LogP contribution in [0.25, 0.3) is 11.1 Å². The largest absolute Gasteiger partial charge is 0.454 e. The smallest absolute Gasteiger partial charge is 0.416 e. The molecule has 29 heavy (non-hydrogen) atoms. The van der Waals surface area contributed by atoms with Crippen molar-refractivity contribution in [2.75, 3.05) is 5.32 Å². The number of rotatable bonds is 3. The standard InChI is InChI=1S/C20H13F3N4O2/c21-20(22,23)14-3-5-18-16(9-14)26-19(28)15-8-12(2-4-17(15)29-18)13-10-25-27(11-13)7-1-6-24/h2-5,8-11H,1,7H2,(H,26,28). The highest BCUT2D eigenvalue weighted by Crippen LogP contribution is 2.40. The first-order chi connectivity index (χ1) is 13.8. The van der Waals surface area contributed by atoms with E-state index in [2.05, 4.69) is 10.4 Å². The summed E-state index contributed by atoms with van der Waals surface area (Å²) in [6, 6.07) is 9.88. The minimum atomic E-state index is -4.53. The fraction of sp³-hybridized carbons (Fsp3) is 0.150. The molecular weight excluding hydrogens is 385 g/mol. The zero-order valence-electron chi connectivity index (χ0n) is 14.8. The molecule has 2 heterocycles. The molecule has 3 aromatic rings. The molecule has 6 nitrogen and oxygen atoms in total. The van der Waals surface area contributed by atoms with E-state index < -0.39 is 17.6 Å². The Bertz CT molecular complexity index is 1150. The van der Waals surface area contributed by atoms with Crippen molar-refractivity contribution in [2.45, 2.75) is 19.1 Å². The van der Waals surface area contributed by atoms with Crippen LogP contribution in [0.15, 0.2) is 48.8 Å². The maximum Gasteiger partial charge on any atom is 0.416 e. The molecule has 0 saturated heterocycles. The van der Waals surface area contributed by atoms with Crippen LogP contribution in [-0.4, -0.2) is 15.7 Å². The molecule has 2 aromatic carbocycles. The van der Waals surface area contributed by atoms with Crippen LogP contribution in [0.3, 0.4) is 0 Å². The number of nitrogens with one attached hydrogen (secondary N) is 1. The number of hydrogen-bond donors (Lipinski definition) is 1. The van der Waals surface area contributed by atoms with Crippen molar-refractivity contribution in [3.63, 3.8) is 0 Å². The van der Waals surface area contributed by atoms with Crippen LogP contribution >= 0.6 is 0 Å². The molecular formula is C20H13F3N4O2. The lowest BCUT2D eigenvalue weighted by molar-refractivity contribution is -0.137. The summed E-state index contributed by atoms with van der Waals surface area (Å²) in [7, 11) is 0. The second-order valence-electron chi connectivity index (χ2n) is 6.38. The Morgan fingerprint density at radius 3 is 2.69 bits per heavy atom. The molecule has 4 rings (SSSR count). The summed E-state index contributed by atoms with van der Waals surface area (Å²) in [6.45, 7) is 0.446. The number of hydrogen-bond acceptors (Lipinski definition) is 4. The number of anilines is 1. The van der Waals surface area contributed by atoms with Gasteiger partial charge in [0.1, 0.15) is 5.75 Å². The second kappa shape index (κ2) is 6.98. The summed E-state index contributed by atoms with van der Waals surface area (Å²) in [5.41, 5.74) is 0.688. The molecule has 9 heteroatoms. The molecule has 1 amide bonds. The number of nitriles is 1. The fourth-order valence-corrected chi connectivity index (χ4v) is 2.98. The number of alkyl halides is 3. The summed E-state index contributed by atoms with van der Waals surface area (Å²) >= 11 is 0. The van der Waals surface area contributed by atoms with Crippen LogP contribution in [0.5, 0.6) is 11.5 Å². The van der Waals surface area contributed by atoms with Gasteiger partial charge in [0.25, 0.3) is 5.91 Å². The highest BCUT2D eigenvalue weighted by atomic mass is 19.4. The highest BCUT2D eigenvalue weighted by molar-refractivity contribution is 6.08. The molecule has 146 valence electrons. The number of benzene rings is 2. The maximum atomic E-state index is 13.0. The average molecular weight is 398 g/mol. The predicted molar refractivity (Wildman–Crippen MR) is 97.4 cm³/mol. The molecule has 1 aliphatic rings. The molecule has 1 N–H and O–H groups in total. The van der Waals surface area contributed by atoms with E-state index in [-0.39, 0.29) is 22.7 Å². The van der Waals surface area contributed by atoms with Gasteiger partial charge in [-0.15, -0.1) is 0 Å². The van der Waals surface area contributed by atoms with Crippen molar-refractivity contribution >= 4 is 11.6 Å². The number of carbonyl (C=O) groups is 1. The monoisotopic (exact) mass is 398 g/mol. The van der Waals surface area contributed by atoms with Gasteiger partial charge in [-0.3, -0.25) is 9.48 Å². The number of aryl methyl sites for hydroxylation is 1. The summed E-state index contributed by atoms with van der Waals surface area (Å²) in [5, 5.41) is 15.3. The molecule has 0 spiro atoms. The quantitative estimate of drug-likeness (QED) is 0.685. The Morgan fingerprint density at radius 1 is 1.14 bits per heavy atom. The molecule has 0 radical (unpaired) electrons. The third-order valence-corrected chi connectivity index (χ3v) is 4.42. The lowest BCUT2D eigenvalue weighted by Gasteiger charge is -2.11. The fourth-order valence-electron chi connectivity index (χ4n) is 2.98. The first kappa shape index (κ1) is 18.6. The number of nitrogens with zero attached hydrogens (tertiary/aromatic N) is 3. The van der Waals surface area contributed by atoms with Crippen molar-refractivity contribution in [3.8, 4) is 28.7 Å². The molecule has 1 aromatic heterocycles. The van der Waals surface area contributed by atoms with Crippen LogP contribution in [0.4, 0.5) is 18.9 Å². The van der Waals surface area contributed by atoms with Gasteiger partial charge in [0.2, 0.25) is 0 Å². The topological polar surface area (TPSA) is 79.9 Å². The van der Waals surface area contributed by atoms with Crippen molar-refractivity contribution < 1.29 is 22.7 Å². The van der Waals surface area contributed by atoms with E-state index >= 15 is 0 Å². The molecule has 0 aliphatic carbocycles. The lowest BCUT2D eigenvalue weighted by atomic mass is 10.0. The van der Waals surface area contributed by atoms with Gasteiger partial charge in [0.15, 0.2) is 5.75 Å². The SMILES string of the molecule is N#CCCn1cc(-c2ccc3c(c2)C(=O)Nc2cc(C(F)(F)F)ccc2O3)cn1. The Morgan fingerprint density at radius 2 is 1.93 bits per heavy atom. The van der Waals surface area contributed by atoms with E-state index in [4.69, 9.17) is 10.00 Å². The lowest BCUT2D eigenvalue weighted by Crippen LogP contribution is -2.12. The molecule has 0 unspecified atom stereocenters. The molecule has 0 fully saturated rings. The minimum absolute atomic E-state index is 0.0492. The molecule has 0 saturated carbocycles. The first-order valence-electron chi connectivity index (χ1n) is 8.59. The highest BCUT2D eigenvalue weighted by Gasteiger charge is 2.32. The normalized spacial score (nSPS) is 12.8. The van der Waals surface area contributed by atoms with E-state index in [9.17, 15) is 18.0 Å². The summed E-state index contributed by atoms with van der Waals surface area (Å²) in [5.74, 6) is -0.208. The third kappa shape index (κ3) is 3.65. The average Bonchev–Trinajstić information content (AvgIpc) is 3.10. The van der Waals surface area contributed by atoms with Crippen LogP contribution in [-0.2, 0) is 12.7 Å². The Hall–Kier alpha value is -3.80. The van der Waals surface area contributed by atoms with E-state index in [0.29, 0.717) is 18.5 Å². The second-order valence-corrected chi connectivity index (χ2v) is 6.38. The Kier molecular flexibility index (Phi) is 4.47. The zero-order chi connectivity index (χ0) is 20.6. The van der Waals surface area contributed by atoms with Gasteiger partial charge >= 0.3 is 6.18 Å². The summed E-state index contributed by atoms with van der Waals surface area (Å²) in [4.78, 5) is 12.6. The Labute approximate surface area is 163 Å². The van der Waals surface area contributed by atoms with Crippen molar-refractivity contribution in [2.24, 2.45) is 0 Å². The number of amides is 1. The zero-order valence-corrected chi connectivity index (χ0v) is 14.8. The van der Waals surface area contributed by atoms with Crippen molar-refractivity contribution in [1.82, 2.24) is 9.78 Å². The van der Waals surface area contributed by atoms with Gasteiger partial charge in [-0.25, -0.2) is 0 Å². The molecule has 0 bridgehead atoms. The number of halogens is 3. The van der Waals surface area contributed by atoms with Gasteiger partial charge in [-0.1, -0.05) is 6.07 Å². The van der Waals surface area contributed by atoms with E-state index in [0.717, 1.165) is 17.7 Å². The number of fused-ring (bicyclic) bond motifs is 2. The van der Waals surface area contributed by atoms with E-state index in [1.54, 1.807) is 35.3 Å². The van der Waals surface area contributed by atoms with Gasteiger partial charge < -0.3 is 10.1 Å². The van der Waals surface area contributed by atoms with Gasteiger partial charge in [0.05, 0.1) is 42.0 Å². The summed E-state index contributed by atoms with van der Waals surface area (Å²) in [6.07, 6.45) is -0.852. The number of carbonyl (C=O) groups excluding carboxylic acids is 1. The Balaban J connectivity index is 1.67. The van der Waals surface area contributed by atoms with Gasteiger partial charge in [-0.2, -0.15) is 23.5 Å². The van der Waals surface area contributed by atoms with Crippen molar-refractivity contribution in [1.29, 1.82) is 5.26 Å². The van der Waals surface area contributed by atoms with Crippen LogP contribution in [0.1, 0.15) is 22.3 Å². The predicted octanol–water partition coefficient (Wildman–Crippen LogP) is 4.84. The van der Waals surface area contributed by atoms with Crippen molar-refractivity contribution in [3.05, 3.63) is 59.9 Å².